The van der Waals surface area contributed by atoms with Crippen LogP contribution in [0.25, 0.3) is 0 Å². The van der Waals surface area contributed by atoms with Crippen LogP contribution in [0.4, 0.5) is 0 Å². The highest BCUT2D eigenvalue weighted by atomic mass is 16.5. The Labute approximate surface area is 66.4 Å². The van der Waals surface area contributed by atoms with Crippen molar-refractivity contribution in [1.82, 2.24) is 0 Å². The van der Waals surface area contributed by atoms with Crippen molar-refractivity contribution in [1.29, 1.82) is 0 Å². The number of ether oxygens (including phenoxy) is 1. The van der Waals surface area contributed by atoms with Crippen molar-refractivity contribution >= 4 is 5.97 Å². The summed E-state index contributed by atoms with van der Waals surface area (Å²) in [7, 11) is 0. The van der Waals surface area contributed by atoms with Crippen LogP contribution in [-0.4, -0.2) is 23.8 Å². The van der Waals surface area contributed by atoms with Gasteiger partial charge in [-0.25, -0.2) is 0 Å². The number of esters is 1. The van der Waals surface area contributed by atoms with Crippen molar-refractivity contribution in [2.24, 2.45) is 0 Å². The van der Waals surface area contributed by atoms with E-state index in [4.69, 9.17) is 9.84 Å². The van der Waals surface area contributed by atoms with Gasteiger partial charge in [-0.3, -0.25) is 4.79 Å². The number of aliphatic hydroxyl groups excluding tert-OH is 1. The number of cyclic esters (lactones) is 1. The zero-order valence-electron chi connectivity index (χ0n) is 6.58. The minimum absolute atomic E-state index is 0.0726. The summed E-state index contributed by atoms with van der Waals surface area (Å²) in [6.45, 7) is 0.189. The minimum atomic E-state index is -0.0841. The maximum atomic E-state index is 10.8. The second-order valence-electron chi connectivity index (χ2n) is 2.87. The summed E-state index contributed by atoms with van der Waals surface area (Å²) in [6.07, 6.45) is 4.08. The molecule has 1 aliphatic rings. The third kappa shape index (κ3) is 2.89. The Bertz CT molecular complexity index is 133. The van der Waals surface area contributed by atoms with Gasteiger partial charge in [-0.1, -0.05) is 0 Å². The predicted molar refractivity (Wildman–Crippen MR) is 40.1 cm³/mol. The third-order valence-electron chi connectivity index (χ3n) is 1.89. The number of carbonyl (C=O) groups is 1. The molecule has 0 radical (unpaired) electrons. The van der Waals surface area contributed by atoms with Crippen molar-refractivity contribution in [2.75, 3.05) is 6.61 Å². The molecular weight excluding hydrogens is 144 g/mol. The quantitative estimate of drug-likeness (QED) is 0.619. The van der Waals surface area contributed by atoms with Crippen molar-refractivity contribution in [2.45, 2.75) is 38.2 Å². The second kappa shape index (κ2) is 4.34. The Balaban J connectivity index is 2.17. The molecule has 0 aromatic rings. The molecular formula is C8H14O3. The zero-order valence-corrected chi connectivity index (χ0v) is 6.58. The van der Waals surface area contributed by atoms with E-state index in [0.717, 1.165) is 25.7 Å². The molecule has 1 unspecified atom stereocenters. The predicted octanol–water partition coefficient (Wildman–Crippen LogP) is 0.855. The Morgan fingerprint density at radius 2 is 2.45 bits per heavy atom. The number of carbonyl (C=O) groups excluding carboxylic acids is 1. The van der Waals surface area contributed by atoms with Crippen LogP contribution in [0.1, 0.15) is 32.1 Å². The molecule has 1 fully saturated rings. The average Bonchev–Trinajstić information content (AvgIpc) is 2.01. The van der Waals surface area contributed by atoms with E-state index < -0.39 is 0 Å². The van der Waals surface area contributed by atoms with Crippen molar-refractivity contribution in [3.05, 3.63) is 0 Å². The van der Waals surface area contributed by atoms with Gasteiger partial charge >= 0.3 is 5.97 Å². The summed E-state index contributed by atoms with van der Waals surface area (Å²) >= 11 is 0. The zero-order chi connectivity index (χ0) is 8.10. The molecule has 0 bridgehead atoms. The first-order chi connectivity index (χ1) is 5.33. The van der Waals surface area contributed by atoms with E-state index in [9.17, 15) is 4.79 Å². The van der Waals surface area contributed by atoms with Gasteiger partial charge in [0.2, 0.25) is 0 Å². The fourth-order valence-corrected chi connectivity index (χ4v) is 1.30. The van der Waals surface area contributed by atoms with Crippen LogP contribution in [-0.2, 0) is 9.53 Å². The smallest absolute Gasteiger partial charge is 0.306 e. The molecule has 1 N–H and O–H groups in total. The summed E-state index contributed by atoms with van der Waals surface area (Å²) in [5.41, 5.74) is 0. The third-order valence-corrected chi connectivity index (χ3v) is 1.89. The molecule has 0 saturated carbocycles. The molecule has 1 saturated heterocycles. The Kier molecular flexibility index (Phi) is 3.36. The van der Waals surface area contributed by atoms with E-state index >= 15 is 0 Å². The standard InChI is InChI=1S/C8H14O3/c9-6-2-4-7-3-1-5-8(10)11-7/h7,9H,1-6H2. The lowest BCUT2D eigenvalue weighted by Crippen LogP contribution is -2.23. The first kappa shape index (κ1) is 8.53. The summed E-state index contributed by atoms with van der Waals surface area (Å²) in [5, 5.41) is 8.52. The van der Waals surface area contributed by atoms with Crippen LogP contribution >= 0.6 is 0 Å². The molecule has 1 aliphatic heterocycles. The van der Waals surface area contributed by atoms with Gasteiger partial charge < -0.3 is 9.84 Å². The molecule has 0 aromatic carbocycles. The van der Waals surface area contributed by atoms with Crippen molar-refractivity contribution < 1.29 is 14.6 Å². The highest BCUT2D eigenvalue weighted by Crippen LogP contribution is 2.17. The Morgan fingerprint density at radius 3 is 3.09 bits per heavy atom. The van der Waals surface area contributed by atoms with Crippen LogP contribution in [0.3, 0.4) is 0 Å². The highest BCUT2D eigenvalue weighted by Gasteiger charge is 2.19. The molecule has 1 atom stereocenters. The van der Waals surface area contributed by atoms with Gasteiger partial charge in [-0.2, -0.15) is 0 Å². The minimum Gasteiger partial charge on any atom is -0.462 e. The largest absolute Gasteiger partial charge is 0.462 e. The van der Waals surface area contributed by atoms with Crippen molar-refractivity contribution in [3.63, 3.8) is 0 Å². The number of rotatable bonds is 3. The molecule has 1 rings (SSSR count). The molecule has 1 heterocycles. The van der Waals surface area contributed by atoms with Crippen molar-refractivity contribution in [3.8, 4) is 0 Å². The van der Waals surface area contributed by atoms with E-state index in [-0.39, 0.29) is 18.7 Å². The Morgan fingerprint density at radius 1 is 1.64 bits per heavy atom. The maximum Gasteiger partial charge on any atom is 0.306 e. The second-order valence-corrected chi connectivity index (χ2v) is 2.87. The number of hydrogen-bond donors (Lipinski definition) is 1. The van der Waals surface area contributed by atoms with E-state index in [1.807, 2.05) is 0 Å². The van der Waals surface area contributed by atoms with Gasteiger partial charge in [-0.15, -0.1) is 0 Å². The lowest BCUT2D eigenvalue weighted by atomic mass is 10.0. The SMILES string of the molecule is O=C1CCCC(CCCO)O1. The summed E-state index contributed by atoms with van der Waals surface area (Å²) in [5.74, 6) is -0.0841. The average molecular weight is 158 g/mol. The maximum absolute atomic E-state index is 10.8. The van der Waals surface area contributed by atoms with Gasteiger partial charge in [0.25, 0.3) is 0 Å². The number of aliphatic hydroxyl groups is 1. The fourth-order valence-electron chi connectivity index (χ4n) is 1.30. The van der Waals surface area contributed by atoms with Gasteiger partial charge in [0.05, 0.1) is 0 Å². The summed E-state index contributed by atoms with van der Waals surface area (Å²) < 4.78 is 5.04. The van der Waals surface area contributed by atoms with E-state index in [1.165, 1.54) is 0 Å². The lowest BCUT2D eigenvalue weighted by Gasteiger charge is -2.21. The fraction of sp³-hybridized carbons (Fsp3) is 0.875. The molecule has 0 aliphatic carbocycles. The Hall–Kier alpha value is -0.570. The van der Waals surface area contributed by atoms with Crippen LogP contribution in [0.15, 0.2) is 0 Å². The van der Waals surface area contributed by atoms with E-state index in [2.05, 4.69) is 0 Å². The molecule has 3 heteroatoms. The topological polar surface area (TPSA) is 46.5 Å². The molecule has 64 valence electrons. The van der Waals surface area contributed by atoms with Gasteiger partial charge in [-0.05, 0) is 25.7 Å². The van der Waals surface area contributed by atoms with E-state index in [0.29, 0.717) is 6.42 Å². The lowest BCUT2D eigenvalue weighted by molar-refractivity contribution is -0.154. The monoisotopic (exact) mass is 158 g/mol. The van der Waals surface area contributed by atoms with Gasteiger partial charge in [0, 0.05) is 13.0 Å². The van der Waals surface area contributed by atoms with Crippen LogP contribution in [0.5, 0.6) is 0 Å². The molecule has 3 nitrogen and oxygen atoms in total. The molecule has 11 heavy (non-hydrogen) atoms. The number of hydrogen-bond acceptors (Lipinski definition) is 3. The highest BCUT2D eigenvalue weighted by molar-refractivity contribution is 5.70. The molecule has 0 spiro atoms. The molecule has 0 amide bonds. The van der Waals surface area contributed by atoms with Crippen LogP contribution in [0, 0.1) is 0 Å². The first-order valence-electron chi connectivity index (χ1n) is 4.13. The molecule has 0 aromatic heterocycles. The van der Waals surface area contributed by atoms with E-state index in [1.54, 1.807) is 0 Å². The van der Waals surface area contributed by atoms with Crippen LogP contribution < -0.4 is 0 Å². The summed E-state index contributed by atoms with van der Waals surface area (Å²) in [6, 6.07) is 0. The first-order valence-corrected chi connectivity index (χ1v) is 4.13. The van der Waals surface area contributed by atoms with Gasteiger partial charge in [0.15, 0.2) is 0 Å². The normalized spacial score (nSPS) is 24.8. The van der Waals surface area contributed by atoms with Gasteiger partial charge in [0.1, 0.15) is 6.10 Å². The summed E-state index contributed by atoms with van der Waals surface area (Å²) in [4.78, 5) is 10.8. The van der Waals surface area contributed by atoms with Crippen LogP contribution in [0.2, 0.25) is 0 Å².